The SMILES string of the molecule is C[C@@H]1Oc2ccccc2C=C1/C=N\NC(=O)CC[NH3+]. The molecule has 0 fully saturated rings. The van der Waals surface area contributed by atoms with E-state index < -0.39 is 0 Å². The van der Waals surface area contributed by atoms with Crippen LogP contribution in [0.1, 0.15) is 18.9 Å². The number of benzene rings is 1. The van der Waals surface area contributed by atoms with E-state index in [4.69, 9.17) is 4.74 Å². The quantitative estimate of drug-likeness (QED) is 0.613. The molecule has 2 rings (SSSR count). The Balaban J connectivity index is 2.06. The van der Waals surface area contributed by atoms with E-state index in [1.165, 1.54) is 0 Å². The van der Waals surface area contributed by atoms with Crippen LogP contribution >= 0.6 is 0 Å². The molecular formula is C14H18N3O2+. The van der Waals surface area contributed by atoms with E-state index in [2.05, 4.69) is 16.3 Å². The minimum Gasteiger partial charge on any atom is -0.485 e. The largest absolute Gasteiger partial charge is 0.485 e. The third kappa shape index (κ3) is 3.42. The van der Waals surface area contributed by atoms with Crippen molar-refractivity contribution in [2.75, 3.05) is 6.54 Å². The van der Waals surface area contributed by atoms with Crippen LogP contribution in [-0.2, 0) is 4.79 Å². The van der Waals surface area contributed by atoms with Crippen LogP contribution in [0, 0.1) is 0 Å². The topological polar surface area (TPSA) is 78.3 Å². The summed E-state index contributed by atoms with van der Waals surface area (Å²) in [4.78, 5) is 11.2. The fourth-order valence-electron chi connectivity index (χ4n) is 1.80. The molecule has 19 heavy (non-hydrogen) atoms. The Labute approximate surface area is 112 Å². The number of hydrogen-bond acceptors (Lipinski definition) is 3. The van der Waals surface area contributed by atoms with E-state index in [1.54, 1.807) is 6.21 Å². The molecule has 5 nitrogen and oxygen atoms in total. The maximum Gasteiger partial charge on any atom is 0.245 e. The monoisotopic (exact) mass is 260 g/mol. The van der Waals surface area contributed by atoms with Gasteiger partial charge in [-0.2, -0.15) is 5.10 Å². The van der Waals surface area contributed by atoms with Crippen molar-refractivity contribution in [3.8, 4) is 5.75 Å². The van der Waals surface area contributed by atoms with Gasteiger partial charge in [0.15, 0.2) is 0 Å². The fraction of sp³-hybridized carbons (Fsp3) is 0.286. The molecule has 5 heteroatoms. The van der Waals surface area contributed by atoms with Crippen LogP contribution in [-0.4, -0.2) is 24.8 Å². The summed E-state index contributed by atoms with van der Waals surface area (Å²) in [5.41, 5.74) is 8.03. The van der Waals surface area contributed by atoms with Crippen LogP contribution in [0.5, 0.6) is 5.75 Å². The second-order valence-corrected chi connectivity index (χ2v) is 4.34. The summed E-state index contributed by atoms with van der Waals surface area (Å²) in [6.45, 7) is 2.52. The third-order valence-electron chi connectivity index (χ3n) is 2.82. The van der Waals surface area contributed by atoms with Gasteiger partial charge in [0.25, 0.3) is 0 Å². The molecule has 100 valence electrons. The maximum absolute atomic E-state index is 11.2. The zero-order valence-electron chi connectivity index (χ0n) is 10.9. The Kier molecular flexibility index (Phi) is 4.30. The van der Waals surface area contributed by atoms with Gasteiger partial charge < -0.3 is 10.5 Å². The van der Waals surface area contributed by atoms with Crippen molar-refractivity contribution in [1.82, 2.24) is 5.43 Å². The van der Waals surface area contributed by atoms with Crippen LogP contribution in [0.3, 0.4) is 0 Å². The van der Waals surface area contributed by atoms with Gasteiger partial charge in [0.1, 0.15) is 11.9 Å². The zero-order chi connectivity index (χ0) is 13.7. The molecule has 0 spiro atoms. The number of quaternary nitrogens is 1. The number of ether oxygens (including phenoxy) is 1. The van der Waals surface area contributed by atoms with Gasteiger partial charge in [0.2, 0.25) is 5.91 Å². The number of fused-ring (bicyclic) bond motifs is 1. The van der Waals surface area contributed by atoms with Crippen LogP contribution < -0.4 is 15.9 Å². The van der Waals surface area contributed by atoms with Crippen molar-refractivity contribution in [1.29, 1.82) is 0 Å². The predicted molar refractivity (Wildman–Crippen MR) is 73.5 cm³/mol. The van der Waals surface area contributed by atoms with Gasteiger partial charge in [-0.3, -0.25) is 4.79 Å². The minimum absolute atomic E-state index is 0.0802. The Hall–Kier alpha value is -2.14. The standard InChI is InChI=1S/C14H17N3O2/c1-10-12(9-16-17-14(18)6-7-15)8-11-4-2-3-5-13(11)19-10/h2-5,8-10H,6-7,15H2,1H3,(H,17,18)/p+1/b16-9-/t10-/m0/s1. The lowest BCUT2D eigenvalue weighted by atomic mass is 10.0. The Morgan fingerprint density at radius 2 is 2.32 bits per heavy atom. The first kappa shape index (κ1) is 13.3. The zero-order valence-corrected chi connectivity index (χ0v) is 10.9. The number of nitrogens with one attached hydrogen (secondary N) is 1. The molecular weight excluding hydrogens is 242 g/mol. The van der Waals surface area contributed by atoms with Crippen molar-refractivity contribution in [2.24, 2.45) is 5.10 Å². The number of amides is 1. The molecule has 0 unspecified atom stereocenters. The van der Waals surface area contributed by atoms with E-state index in [9.17, 15) is 4.79 Å². The average Bonchev–Trinajstić information content (AvgIpc) is 2.39. The van der Waals surface area contributed by atoms with Crippen LogP contribution in [0.2, 0.25) is 0 Å². The molecule has 4 N–H and O–H groups in total. The highest BCUT2D eigenvalue weighted by atomic mass is 16.5. The predicted octanol–water partition coefficient (Wildman–Crippen LogP) is 0.585. The number of carbonyl (C=O) groups is 1. The molecule has 0 bridgehead atoms. The molecule has 1 aliphatic rings. The van der Waals surface area contributed by atoms with Gasteiger partial charge in [0.05, 0.1) is 19.2 Å². The molecule has 1 heterocycles. The lowest BCUT2D eigenvalue weighted by Crippen LogP contribution is -2.51. The molecule has 0 saturated carbocycles. The third-order valence-corrected chi connectivity index (χ3v) is 2.82. The smallest absolute Gasteiger partial charge is 0.245 e. The van der Waals surface area contributed by atoms with Crippen molar-refractivity contribution in [2.45, 2.75) is 19.4 Å². The number of nitrogens with zero attached hydrogens (tertiary/aromatic N) is 1. The van der Waals surface area contributed by atoms with Crippen molar-refractivity contribution < 1.29 is 15.3 Å². The number of para-hydroxylation sites is 1. The first-order valence-corrected chi connectivity index (χ1v) is 6.29. The second kappa shape index (κ2) is 6.15. The van der Waals surface area contributed by atoms with E-state index in [0.717, 1.165) is 16.9 Å². The molecule has 1 amide bonds. The summed E-state index contributed by atoms with van der Waals surface area (Å²) in [5.74, 6) is 0.741. The van der Waals surface area contributed by atoms with Crippen molar-refractivity contribution >= 4 is 18.2 Å². The maximum atomic E-state index is 11.2. The van der Waals surface area contributed by atoms with Gasteiger partial charge in [-0.05, 0) is 19.1 Å². The Bertz CT molecular complexity index is 523. The normalized spacial score (nSPS) is 17.6. The summed E-state index contributed by atoms with van der Waals surface area (Å²) < 4.78 is 5.77. The fourth-order valence-corrected chi connectivity index (χ4v) is 1.80. The molecule has 0 aromatic heterocycles. The van der Waals surface area contributed by atoms with E-state index in [1.807, 2.05) is 37.3 Å². The average molecular weight is 260 g/mol. The summed E-state index contributed by atoms with van der Waals surface area (Å²) in [6.07, 6.45) is 3.94. The molecule has 1 aromatic rings. The second-order valence-electron chi connectivity index (χ2n) is 4.34. The van der Waals surface area contributed by atoms with Gasteiger partial charge in [-0.1, -0.05) is 18.2 Å². The number of rotatable bonds is 4. The first-order chi connectivity index (χ1) is 9.20. The van der Waals surface area contributed by atoms with Gasteiger partial charge in [-0.25, -0.2) is 5.43 Å². The van der Waals surface area contributed by atoms with Gasteiger partial charge in [0, 0.05) is 11.1 Å². The van der Waals surface area contributed by atoms with Gasteiger partial charge >= 0.3 is 0 Å². The summed E-state index contributed by atoms with van der Waals surface area (Å²) in [5, 5.41) is 3.94. The lowest BCUT2D eigenvalue weighted by molar-refractivity contribution is -0.366. The van der Waals surface area contributed by atoms with Crippen molar-refractivity contribution in [3.05, 3.63) is 35.4 Å². The molecule has 1 aliphatic heterocycles. The van der Waals surface area contributed by atoms with Crippen LogP contribution in [0.4, 0.5) is 0 Å². The highest BCUT2D eigenvalue weighted by Gasteiger charge is 2.16. The minimum atomic E-state index is -0.128. The molecule has 0 saturated heterocycles. The van der Waals surface area contributed by atoms with Crippen LogP contribution in [0.15, 0.2) is 34.9 Å². The van der Waals surface area contributed by atoms with E-state index in [0.29, 0.717) is 13.0 Å². The van der Waals surface area contributed by atoms with Gasteiger partial charge in [-0.15, -0.1) is 0 Å². The molecule has 0 radical (unpaired) electrons. The Morgan fingerprint density at radius 3 is 3.11 bits per heavy atom. The van der Waals surface area contributed by atoms with Crippen molar-refractivity contribution in [3.63, 3.8) is 0 Å². The molecule has 0 aliphatic carbocycles. The van der Waals surface area contributed by atoms with E-state index in [-0.39, 0.29) is 12.0 Å². The summed E-state index contributed by atoms with van der Waals surface area (Å²) >= 11 is 0. The highest BCUT2D eigenvalue weighted by Crippen LogP contribution is 2.28. The van der Waals surface area contributed by atoms with Crippen LogP contribution in [0.25, 0.3) is 6.08 Å². The van der Waals surface area contributed by atoms with E-state index >= 15 is 0 Å². The number of hydrazone groups is 1. The highest BCUT2D eigenvalue weighted by molar-refractivity contribution is 5.89. The molecule has 1 atom stereocenters. The summed E-state index contributed by atoms with van der Waals surface area (Å²) in [6, 6.07) is 7.82. The number of hydrogen-bond donors (Lipinski definition) is 2. The Morgan fingerprint density at radius 1 is 1.53 bits per heavy atom. The molecule has 1 aromatic carbocycles. The first-order valence-electron chi connectivity index (χ1n) is 6.29. The number of carbonyl (C=O) groups excluding carboxylic acids is 1. The lowest BCUT2D eigenvalue weighted by Gasteiger charge is -2.22. The summed E-state index contributed by atoms with van der Waals surface area (Å²) in [7, 11) is 0.